The molecule has 0 spiro atoms. The third kappa shape index (κ3) is 2.18. The number of carboxylic acids is 1. The molecule has 2 rings (SSSR count). The summed E-state index contributed by atoms with van der Waals surface area (Å²) in [5.41, 5.74) is -0.0669. The Labute approximate surface area is 86.7 Å². The fraction of sp³-hybridized carbons (Fsp3) is 0.400. The number of hydrogen-bond acceptors (Lipinski definition) is 4. The zero-order chi connectivity index (χ0) is 10.8. The molecule has 0 amide bonds. The van der Waals surface area contributed by atoms with Gasteiger partial charge in [0.25, 0.3) is 0 Å². The third-order valence-corrected chi connectivity index (χ3v) is 2.08. The van der Waals surface area contributed by atoms with Gasteiger partial charge in [-0.25, -0.2) is 9.78 Å². The summed E-state index contributed by atoms with van der Waals surface area (Å²) in [6, 6.07) is 1.55. The molecule has 1 aliphatic carbocycles. The molecule has 5 nitrogen and oxygen atoms in total. The minimum atomic E-state index is -1.09. The SMILES string of the molecule is COc1cnc(C(=O)O)c(OC2CC2)c1. The molecule has 1 fully saturated rings. The molecular weight excluding hydrogens is 198 g/mol. The highest BCUT2D eigenvalue weighted by Crippen LogP contribution is 2.30. The molecule has 1 aliphatic rings. The lowest BCUT2D eigenvalue weighted by molar-refractivity contribution is 0.0685. The highest BCUT2D eigenvalue weighted by molar-refractivity contribution is 5.88. The maximum Gasteiger partial charge on any atom is 0.358 e. The van der Waals surface area contributed by atoms with Crippen molar-refractivity contribution in [2.45, 2.75) is 18.9 Å². The maximum absolute atomic E-state index is 10.8. The summed E-state index contributed by atoms with van der Waals surface area (Å²) in [4.78, 5) is 14.6. The number of aromatic carboxylic acids is 1. The Hall–Kier alpha value is -1.78. The van der Waals surface area contributed by atoms with Crippen LogP contribution in [0.2, 0.25) is 0 Å². The summed E-state index contributed by atoms with van der Waals surface area (Å²) in [6.45, 7) is 0. The molecule has 0 aromatic carbocycles. The number of ether oxygens (including phenoxy) is 2. The van der Waals surface area contributed by atoms with E-state index in [1.54, 1.807) is 6.07 Å². The molecule has 0 aliphatic heterocycles. The van der Waals surface area contributed by atoms with Gasteiger partial charge in [-0.1, -0.05) is 0 Å². The van der Waals surface area contributed by atoms with E-state index in [0.29, 0.717) is 5.75 Å². The number of methoxy groups -OCH3 is 1. The van der Waals surface area contributed by atoms with Crippen molar-refractivity contribution in [1.82, 2.24) is 4.98 Å². The van der Waals surface area contributed by atoms with Crippen LogP contribution in [0, 0.1) is 0 Å². The van der Waals surface area contributed by atoms with Crippen LogP contribution in [0.5, 0.6) is 11.5 Å². The maximum atomic E-state index is 10.8. The van der Waals surface area contributed by atoms with E-state index in [4.69, 9.17) is 14.6 Å². The molecule has 0 atom stereocenters. The Balaban J connectivity index is 2.30. The quantitative estimate of drug-likeness (QED) is 0.810. The van der Waals surface area contributed by atoms with Crippen LogP contribution in [-0.4, -0.2) is 29.3 Å². The van der Waals surface area contributed by atoms with E-state index >= 15 is 0 Å². The zero-order valence-electron chi connectivity index (χ0n) is 8.27. The first-order valence-corrected chi connectivity index (χ1v) is 4.64. The highest BCUT2D eigenvalue weighted by Gasteiger charge is 2.26. The Morgan fingerprint density at radius 2 is 2.33 bits per heavy atom. The average Bonchev–Trinajstić information content (AvgIpc) is 3.01. The van der Waals surface area contributed by atoms with Gasteiger partial charge < -0.3 is 14.6 Å². The molecule has 1 aromatic heterocycles. The van der Waals surface area contributed by atoms with Gasteiger partial charge in [0.2, 0.25) is 0 Å². The minimum Gasteiger partial charge on any atom is -0.495 e. The molecule has 0 unspecified atom stereocenters. The normalized spacial score (nSPS) is 14.7. The van der Waals surface area contributed by atoms with Crippen LogP contribution in [0.15, 0.2) is 12.3 Å². The highest BCUT2D eigenvalue weighted by atomic mass is 16.5. The fourth-order valence-electron chi connectivity index (χ4n) is 1.15. The first-order chi connectivity index (χ1) is 7.20. The van der Waals surface area contributed by atoms with Gasteiger partial charge in [0.15, 0.2) is 11.4 Å². The molecular formula is C10H11NO4. The van der Waals surface area contributed by atoms with E-state index in [0.717, 1.165) is 12.8 Å². The third-order valence-electron chi connectivity index (χ3n) is 2.08. The van der Waals surface area contributed by atoms with Crippen LogP contribution in [0.1, 0.15) is 23.3 Å². The second kappa shape index (κ2) is 3.76. The summed E-state index contributed by atoms with van der Waals surface area (Å²) in [5, 5.41) is 8.88. The van der Waals surface area contributed by atoms with Crippen molar-refractivity contribution in [3.05, 3.63) is 18.0 Å². The zero-order valence-corrected chi connectivity index (χ0v) is 8.27. The summed E-state index contributed by atoms with van der Waals surface area (Å²) in [5.74, 6) is -0.312. The fourth-order valence-corrected chi connectivity index (χ4v) is 1.15. The van der Waals surface area contributed by atoms with Gasteiger partial charge in [-0.3, -0.25) is 0 Å². The van der Waals surface area contributed by atoms with Crippen molar-refractivity contribution in [1.29, 1.82) is 0 Å². The number of nitrogens with zero attached hydrogens (tertiary/aromatic N) is 1. The van der Waals surface area contributed by atoms with Gasteiger partial charge >= 0.3 is 5.97 Å². The summed E-state index contributed by atoms with van der Waals surface area (Å²) < 4.78 is 10.4. The van der Waals surface area contributed by atoms with Crippen molar-refractivity contribution in [2.75, 3.05) is 7.11 Å². The average molecular weight is 209 g/mol. The van der Waals surface area contributed by atoms with Gasteiger partial charge in [0.05, 0.1) is 19.4 Å². The van der Waals surface area contributed by atoms with E-state index in [1.165, 1.54) is 13.3 Å². The molecule has 1 N–H and O–H groups in total. The van der Waals surface area contributed by atoms with Crippen molar-refractivity contribution in [3.63, 3.8) is 0 Å². The lowest BCUT2D eigenvalue weighted by atomic mass is 10.3. The van der Waals surface area contributed by atoms with E-state index in [-0.39, 0.29) is 17.5 Å². The van der Waals surface area contributed by atoms with Gasteiger partial charge in [-0.15, -0.1) is 0 Å². The van der Waals surface area contributed by atoms with Crippen LogP contribution in [0.3, 0.4) is 0 Å². The van der Waals surface area contributed by atoms with E-state index < -0.39 is 5.97 Å². The van der Waals surface area contributed by atoms with E-state index in [2.05, 4.69) is 4.98 Å². The lowest BCUT2D eigenvalue weighted by Gasteiger charge is -2.08. The van der Waals surface area contributed by atoms with Crippen LogP contribution < -0.4 is 9.47 Å². The number of hydrogen-bond donors (Lipinski definition) is 1. The molecule has 0 radical (unpaired) electrons. The summed E-state index contributed by atoms with van der Waals surface area (Å²) in [6.07, 6.45) is 3.44. The number of pyridine rings is 1. The van der Waals surface area contributed by atoms with Gasteiger partial charge in [0, 0.05) is 6.07 Å². The number of rotatable bonds is 4. The van der Waals surface area contributed by atoms with Gasteiger partial charge in [-0.05, 0) is 12.8 Å². The van der Waals surface area contributed by atoms with Crippen LogP contribution in [0.4, 0.5) is 0 Å². The van der Waals surface area contributed by atoms with Gasteiger partial charge in [0.1, 0.15) is 5.75 Å². The smallest absolute Gasteiger partial charge is 0.358 e. The number of carbonyl (C=O) groups is 1. The molecule has 1 saturated carbocycles. The topological polar surface area (TPSA) is 68.7 Å². The molecule has 1 heterocycles. The minimum absolute atomic E-state index is 0.0669. The Kier molecular flexibility index (Phi) is 2.45. The Morgan fingerprint density at radius 3 is 2.87 bits per heavy atom. The summed E-state index contributed by atoms with van der Waals surface area (Å²) >= 11 is 0. The van der Waals surface area contributed by atoms with Crippen molar-refractivity contribution >= 4 is 5.97 Å². The number of carboxylic acid groups (broad SMARTS) is 1. The predicted molar refractivity (Wildman–Crippen MR) is 51.4 cm³/mol. The summed E-state index contributed by atoms with van der Waals surface area (Å²) in [7, 11) is 1.50. The Morgan fingerprint density at radius 1 is 1.60 bits per heavy atom. The van der Waals surface area contributed by atoms with Crippen molar-refractivity contribution < 1.29 is 19.4 Å². The second-order valence-corrected chi connectivity index (χ2v) is 3.34. The standard InChI is InChI=1S/C10H11NO4/c1-14-7-4-8(15-6-2-3-6)9(10(12)13)11-5-7/h4-6H,2-3H2,1H3,(H,12,13). The molecule has 0 bridgehead atoms. The predicted octanol–water partition coefficient (Wildman–Crippen LogP) is 1.33. The van der Waals surface area contributed by atoms with E-state index in [9.17, 15) is 4.79 Å². The van der Waals surface area contributed by atoms with Crippen molar-refractivity contribution in [3.8, 4) is 11.5 Å². The van der Waals surface area contributed by atoms with Crippen molar-refractivity contribution in [2.24, 2.45) is 0 Å². The molecule has 80 valence electrons. The Bertz CT molecular complexity index is 387. The van der Waals surface area contributed by atoms with Crippen LogP contribution in [-0.2, 0) is 0 Å². The first-order valence-electron chi connectivity index (χ1n) is 4.64. The molecule has 0 saturated heterocycles. The van der Waals surface area contributed by atoms with Crippen LogP contribution in [0.25, 0.3) is 0 Å². The van der Waals surface area contributed by atoms with Gasteiger partial charge in [-0.2, -0.15) is 0 Å². The molecule has 5 heteroatoms. The number of aromatic nitrogens is 1. The van der Waals surface area contributed by atoms with E-state index in [1.807, 2.05) is 0 Å². The van der Waals surface area contributed by atoms with Crippen LogP contribution >= 0.6 is 0 Å². The largest absolute Gasteiger partial charge is 0.495 e. The second-order valence-electron chi connectivity index (χ2n) is 3.34. The first kappa shape index (κ1) is 9.76. The monoisotopic (exact) mass is 209 g/mol. The molecule has 15 heavy (non-hydrogen) atoms. The molecule has 1 aromatic rings. The lowest BCUT2D eigenvalue weighted by Crippen LogP contribution is -2.07.